The summed E-state index contributed by atoms with van der Waals surface area (Å²) in [6.07, 6.45) is 9.41. The summed E-state index contributed by atoms with van der Waals surface area (Å²) in [6, 6.07) is 22.4. The highest BCUT2D eigenvalue weighted by molar-refractivity contribution is 7.90. The van der Waals surface area contributed by atoms with Crippen LogP contribution in [0.3, 0.4) is 0 Å². The number of hydrogen-bond donors (Lipinski definition) is 3. The van der Waals surface area contributed by atoms with Gasteiger partial charge in [0.1, 0.15) is 17.9 Å². The number of piperazine rings is 1. The number of aromatic nitrogens is 2. The molecular weight excluding hydrogens is 961 g/mol. The molecule has 3 atom stereocenters. The van der Waals surface area contributed by atoms with Crippen molar-refractivity contribution in [3.05, 3.63) is 99.7 Å². The molecule has 0 unspecified atom stereocenters. The van der Waals surface area contributed by atoms with Crippen molar-refractivity contribution in [3.63, 3.8) is 0 Å². The van der Waals surface area contributed by atoms with Gasteiger partial charge in [-0.1, -0.05) is 38.1 Å². The number of nitrogens with one attached hydrogen (secondary N) is 3. The Balaban J connectivity index is 0.778. The topological polar surface area (TPSA) is 191 Å². The molecule has 0 radical (unpaired) electrons. The van der Waals surface area contributed by atoms with Crippen molar-refractivity contribution in [1.82, 2.24) is 29.4 Å². The first-order chi connectivity index (χ1) is 35.8. The van der Waals surface area contributed by atoms with Crippen LogP contribution in [-0.2, 0) is 14.8 Å². The molecule has 19 heteroatoms. The van der Waals surface area contributed by atoms with Crippen LogP contribution in [0.5, 0.6) is 11.6 Å². The van der Waals surface area contributed by atoms with E-state index in [0.29, 0.717) is 84.5 Å². The third-order valence-electron chi connectivity index (χ3n) is 17.2. The van der Waals surface area contributed by atoms with Gasteiger partial charge in [-0.25, -0.2) is 13.1 Å². The maximum Gasteiger partial charge on any atom is 0.297 e. The molecule has 5 aromatic rings. The highest BCUT2D eigenvalue weighted by atomic mass is 32.2. The number of carbonyl (C=O) groups excluding carboxylic acids is 1. The van der Waals surface area contributed by atoms with E-state index < -0.39 is 31.4 Å². The lowest BCUT2D eigenvalue weighted by Crippen LogP contribution is -2.61. The lowest BCUT2D eigenvalue weighted by molar-refractivity contribution is -0.384. The number of amides is 1. The number of nitro benzene ring substituents is 1. The second-order valence-corrected chi connectivity index (χ2v) is 23.9. The number of nitro groups is 1. The number of nitrogens with zero attached hydrogens (tertiary/aromatic N) is 7. The number of piperidine rings is 1. The maximum absolute atomic E-state index is 14.7. The first-order valence-corrected chi connectivity index (χ1v) is 28.2. The SMILES string of the molecule is CC(C)c1ccccc1[C@@H]1CCCN1C1CC2(CCN(c3ccc(C(=O)NS(=O)(=O)c4cc5c(c([N+](=O)[O-])c4)N[C@H](CN4CCN(C6COC6)[C@H](C)C4)CO5)c(N4CCCOc5nc6[nH]ccc6cc54)c3)CC2)C1. The van der Waals surface area contributed by atoms with Crippen LogP contribution < -0.4 is 29.3 Å². The number of aromatic amines is 1. The van der Waals surface area contributed by atoms with E-state index in [-0.39, 0.29) is 29.6 Å². The van der Waals surface area contributed by atoms with Gasteiger partial charge in [-0.2, -0.15) is 4.98 Å². The zero-order chi connectivity index (χ0) is 50.9. The highest BCUT2D eigenvalue weighted by Crippen LogP contribution is 2.54. The largest absolute Gasteiger partial charge is 0.489 e. The Hall–Kier alpha value is -5.99. The number of anilines is 4. The van der Waals surface area contributed by atoms with Gasteiger partial charge >= 0.3 is 0 Å². The zero-order valence-electron chi connectivity index (χ0n) is 42.6. The van der Waals surface area contributed by atoms with Crippen LogP contribution in [0.15, 0.2) is 77.8 Å². The molecule has 18 nitrogen and oxygen atoms in total. The molecule has 7 aliphatic rings. The van der Waals surface area contributed by atoms with E-state index in [9.17, 15) is 23.3 Å². The molecule has 3 aromatic carbocycles. The molecule has 1 aliphatic carbocycles. The Morgan fingerprint density at radius 1 is 0.919 bits per heavy atom. The Morgan fingerprint density at radius 2 is 1.74 bits per heavy atom. The summed E-state index contributed by atoms with van der Waals surface area (Å²) in [5, 5.41) is 16.8. The fourth-order valence-electron chi connectivity index (χ4n) is 13.3. The normalized spacial score (nSPS) is 23.8. The van der Waals surface area contributed by atoms with Gasteiger partial charge in [-0.3, -0.25) is 29.6 Å². The van der Waals surface area contributed by atoms with Crippen LogP contribution in [0.25, 0.3) is 11.0 Å². The van der Waals surface area contributed by atoms with Gasteiger partial charge in [-0.15, -0.1) is 0 Å². The lowest BCUT2D eigenvalue weighted by Gasteiger charge is -2.56. The number of H-pyrrole nitrogens is 1. The van der Waals surface area contributed by atoms with Gasteiger partial charge in [0.05, 0.1) is 53.0 Å². The van der Waals surface area contributed by atoms with E-state index in [0.717, 1.165) is 82.5 Å². The fourth-order valence-corrected chi connectivity index (χ4v) is 14.3. The first kappa shape index (κ1) is 48.9. The minimum absolute atomic E-state index is 0.0367. The summed E-state index contributed by atoms with van der Waals surface area (Å²) in [7, 11) is -4.67. The van der Waals surface area contributed by atoms with Gasteiger partial charge in [0.25, 0.3) is 21.6 Å². The van der Waals surface area contributed by atoms with Crippen LogP contribution in [-0.4, -0.2) is 147 Å². The molecule has 8 heterocycles. The molecule has 12 rings (SSSR count). The summed E-state index contributed by atoms with van der Waals surface area (Å²) in [4.78, 5) is 46.2. The number of sulfonamides is 1. The minimum Gasteiger partial charge on any atom is -0.489 e. The van der Waals surface area contributed by atoms with Crippen molar-refractivity contribution in [2.45, 2.75) is 107 Å². The smallest absolute Gasteiger partial charge is 0.297 e. The van der Waals surface area contributed by atoms with Gasteiger partial charge < -0.3 is 34.3 Å². The van der Waals surface area contributed by atoms with E-state index in [1.54, 1.807) is 6.07 Å². The molecule has 1 amide bonds. The molecule has 4 saturated heterocycles. The number of benzene rings is 3. The van der Waals surface area contributed by atoms with Gasteiger partial charge in [-0.05, 0) is 111 Å². The number of likely N-dealkylation sites (tertiary alicyclic amines) is 1. The standard InChI is InChI=1S/C55H68N10O8S/c1-35(2)43-8-4-5-9-44(43)46-10-6-17-63(46)40-28-55(29-40)14-19-61(20-15-55)39-11-12-45(47(25-39)64-18-7-23-72-54-49(64)24-37-13-16-56-52(37)58-54)53(66)59-74(69,70)42-26-48(65(67)68)51-50(27-42)73-32-38(57-51)31-60-21-22-62(36(3)30-60)41-33-71-34-41/h4-5,8-9,11-13,16,24-27,35-36,38,40-41,46,57H,6-7,10,14-15,17-23,28-34H2,1-3H3,(H,56,58)(H,59,66)/t36-,38-,46+/m1/s1. The van der Waals surface area contributed by atoms with Crippen molar-refractivity contribution in [2.75, 3.05) is 93.9 Å². The Morgan fingerprint density at radius 3 is 2.51 bits per heavy atom. The summed E-state index contributed by atoms with van der Waals surface area (Å²) < 4.78 is 48.7. The summed E-state index contributed by atoms with van der Waals surface area (Å²) in [5.41, 5.74) is 5.82. The van der Waals surface area contributed by atoms with Gasteiger partial charge in [0.15, 0.2) is 11.4 Å². The molecule has 392 valence electrons. The Labute approximate surface area is 432 Å². The van der Waals surface area contributed by atoms with Gasteiger partial charge in [0, 0.05) is 93.3 Å². The number of hydrogen-bond acceptors (Lipinski definition) is 15. The number of carbonyl (C=O) groups is 1. The summed E-state index contributed by atoms with van der Waals surface area (Å²) >= 11 is 0. The van der Waals surface area contributed by atoms with Crippen LogP contribution in [0.1, 0.15) is 99.2 Å². The molecule has 1 saturated carbocycles. The third kappa shape index (κ3) is 9.21. The molecule has 6 aliphatic heterocycles. The van der Waals surface area contributed by atoms with Crippen molar-refractivity contribution in [2.24, 2.45) is 5.41 Å². The second kappa shape index (κ2) is 19.6. The molecule has 1 spiro atoms. The van der Waals surface area contributed by atoms with Crippen molar-refractivity contribution in [3.8, 4) is 11.6 Å². The monoisotopic (exact) mass is 1030 g/mol. The first-order valence-electron chi connectivity index (χ1n) is 26.8. The predicted octanol–water partition coefficient (Wildman–Crippen LogP) is 7.80. The average Bonchev–Trinajstić information content (AvgIpc) is 4.00. The Kier molecular flexibility index (Phi) is 13.0. The van der Waals surface area contributed by atoms with Crippen molar-refractivity contribution < 1.29 is 32.3 Å². The van der Waals surface area contributed by atoms with E-state index in [4.69, 9.17) is 19.2 Å². The maximum atomic E-state index is 14.7. The number of fused-ring (bicyclic) bond motifs is 3. The molecule has 0 bridgehead atoms. The van der Waals surface area contributed by atoms with Crippen molar-refractivity contribution in [1.29, 1.82) is 0 Å². The van der Waals surface area contributed by atoms with Crippen LogP contribution in [0.2, 0.25) is 0 Å². The van der Waals surface area contributed by atoms with E-state index in [1.165, 1.54) is 42.9 Å². The number of rotatable bonds is 12. The molecule has 3 N–H and O–H groups in total. The Bertz CT molecular complexity index is 3060. The van der Waals surface area contributed by atoms with Crippen LogP contribution in [0.4, 0.5) is 28.4 Å². The minimum atomic E-state index is -4.67. The third-order valence-corrected chi connectivity index (χ3v) is 18.5. The van der Waals surface area contributed by atoms with Crippen LogP contribution >= 0.6 is 0 Å². The quantitative estimate of drug-likeness (QED) is 0.0810. The molecular formula is C55H68N10O8S. The lowest BCUT2D eigenvalue weighted by atomic mass is 9.59. The number of pyridine rings is 1. The van der Waals surface area contributed by atoms with E-state index >= 15 is 0 Å². The average molecular weight is 1030 g/mol. The van der Waals surface area contributed by atoms with Crippen LogP contribution in [0, 0.1) is 15.5 Å². The molecule has 74 heavy (non-hydrogen) atoms. The number of ether oxygens (including phenoxy) is 3. The fraction of sp³-hybridized carbons (Fsp3) is 0.527. The highest BCUT2D eigenvalue weighted by Gasteiger charge is 2.50. The van der Waals surface area contributed by atoms with E-state index in [1.807, 2.05) is 35.4 Å². The second-order valence-electron chi connectivity index (χ2n) is 22.2. The zero-order valence-corrected chi connectivity index (χ0v) is 43.4. The molecule has 2 aromatic heterocycles. The summed E-state index contributed by atoms with van der Waals surface area (Å²) in [6.45, 7) is 15.4. The van der Waals surface area contributed by atoms with E-state index in [2.05, 4.69) is 79.7 Å². The molecule has 5 fully saturated rings. The van der Waals surface area contributed by atoms with Gasteiger partial charge in [0.2, 0.25) is 5.88 Å². The predicted molar refractivity (Wildman–Crippen MR) is 284 cm³/mol. The summed E-state index contributed by atoms with van der Waals surface area (Å²) in [5.74, 6) is 0.0598. The van der Waals surface area contributed by atoms with Crippen molar-refractivity contribution >= 4 is 55.4 Å².